The predicted molar refractivity (Wildman–Crippen MR) is 66.0 cm³/mol. The van der Waals surface area contributed by atoms with E-state index < -0.39 is 23.2 Å². The van der Waals surface area contributed by atoms with Crippen molar-refractivity contribution in [3.63, 3.8) is 0 Å². The number of carboxylic acids is 1. The van der Waals surface area contributed by atoms with E-state index in [1.807, 2.05) is 20.8 Å². The Hall–Kier alpha value is -1.65. The lowest BCUT2D eigenvalue weighted by Gasteiger charge is -2.30. The lowest BCUT2D eigenvalue weighted by Crippen LogP contribution is -2.34. The Balaban J connectivity index is 3.20. The molecule has 0 spiro atoms. The minimum absolute atomic E-state index is 0.00887. The van der Waals surface area contributed by atoms with Crippen molar-refractivity contribution >= 4 is 11.7 Å². The maximum atomic E-state index is 13.8. The number of benzene rings is 1. The van der Waals surface area contributed by atoms with Crippen molar-refractivity contribution < 1.29 is 18.7 Å². The summed E-state index contributed by atoms with van der Waals surface area (Å²) in [6.45, 7) is 5.84. The number of rotatable bonds is 4. The first-order valence-electron chi connectivity index (χ1n) is 5.71. The normalized spacial score (nSPS) is 12.6. The molecule has 0 bridgehead atoms. The highest BCUT2D eigenvalue weighted by Crippen LogP contribution is 2.26. The molecule has 1 N–H and O–H groups in total. The maximum Gasteiger partial charge on any atom is 0.338 e. The molecule has 1 rings (SSSR count). The quantitative estimate of drug-likeness (QED) is 0.900. The SMILES string of the molecule is CC(C)C(C)N(C)c1ccc(C(=O)O)c(F)c1F. The van der Waals surface area contributed by atoms with E-state index in [0.29, 0.717) is 0 Å². The van der Waals surface area contributed by atoms with E-state index >= 15 is 0 Å². The zero-order valence-electron chi connectivity index (χ0n) is 10.9. The van der Waals surface area contributed by atoms with Crippen LogP contribution in [0.4, 0.5) is 14.5 Å². The molecular formula is C13H17F2NO2. The van der Waals surface area contributed by atoms with Gasteiger partial charge in [-0.2, -0.15) is 0 Å². The molecule has 3 nitrogen and oxygen atoms in total. The molecule has 0 amide bonds. The second-order valence-corrected chi connectivity index (χ2v) is 4.66. The van der Waals surface area contributed by atoms with E-state index in [4.69, 9.17) is 5.11 Å². The molecule has 0 aliphatic heterocycles. The summed E-state index contributed by atoms with van der Waals surface area (Å²) in [4.78, 5) is 12.3. The second-order valence-electron chi connectivity index (χ2n) is 4.66. The molecular weight excluding hydrogens is 240 g/mol. The number of nitrogens with zero attached hydrogens (tertiary/aromatic N) is 1. The van der Waals surface area contributed by atoms with Gasteiger partial charge in [0.2, 0.25) is 0 Å². The molecule has 0 aliphatic carbocycles. The maximum absolute atomic E-state index is 13.8. The minimum Gasteiger partial charge on any atom is -0.478 e. The first-order valence-corrected chi connectivity index (χ1v) is 5.71. The van der Waals surface area contributed by atoms with Crippen LogP contribution in [0.25, 0.3) is 0 Å². The number of carbonyl (C=O) groups is 1. The van der Waals surface area contributed by atoms with Gasteiger partial charge in [0.05, 0.1) is 11.3 Å². The fourth-order valence-corrected chi connectivity index (χ4v) is 1.64. The number of hydrogen-bond acceptors (Lipinski definition) is 2. The van der Waals surface area contributed by atoms with Crippen LogP contribution in [-0.2, 0) is 0 Å². The molecule has 0 heterocycles. The van der Waals surface area contributed by atoms with Crippen LogP contribution >= 0.6 is 0 Å². The average molecular weight is 257 g/mol. The number of hydrogen-bond donors (Lipinski definition) is 1. The topological polar surface area (TPSA) is 40.5 Å². The summed E-state index contributed by atoms with van der Waals surface area (Å²) in [5, 5.41) is 8.70. The van der Waals surface area contributed by atoms with Crippen LogP contribution in [0.15, 0.2) is 12.1 Å². The summed E-state index contributed by atoms with van der Waals surface area (Å²) in [6, 6.07) is 2.38. The van der Waals surface area contributed by atoms with E-state index in [9.17, 15) is 13.6 Å². The van der Waals surface area contributed by atoms with E-state index in [2.05, 4.69) is 0 Å². The molecule has 18 heavy (non-hydrogen) atoms. The molecule has 1 atom stereocenters. The van der Waals surface area contributed by atoms with Crippen LogP contribution in [0.5, 0.6) is 0 Å². The molecule has 1 aromatic rings. The zero-order valence-corrected chi connectivity index (χ0v) is 10.9. The Morgan fingerprint density at radius 3 is 2.22 bits per heavy atom. The van der Waals surface area contributed by atoms with Crippen molar-refractivity contribution in [1.82, 2.24) is 0 Å². The van der Waals surface area contributed by atoms with Gasteiger partial charge in [-0.25, -0.2) is 13.6 Å². The molecule has 0 fully saturated rings. The van der Waals surface area contributed by atoms with Gasteiger partial charge in [0.15, 0.2) is 11.6 Å². The molecule has 1 unspecified atom stereocenters. The van der Waals surface area contributed by atoms with Crippen molar-refractivity contribution in [2.75, 3.05) is 11.9 Å². The number of halogens is 2. The van der Waals surface area contributed by atoms with Crippen LogP contribution in [0.2, 0.25) is 0 Å². The van der Waals surface area contributed by atoms with Crippen LogP contribution in [-0.4, -0.2) is 24.2 Å². The summed E-state index contributed by atoms with van der Waals surface area (Å²) in [5.74, 6) is -3.65. The van der Waals surface area contributed by atoms with Gasteiger partial charge >= 0.3 is 5.97 Å². The lowest BCUT2D eigenvalue weighted by atomic mass is 10.0. The van der Waals surface area contributed by atoms with Gasteiger partial charge in [-0.3, -0.25) is 0 Å². The van der Waals surface area contributed by atoms with Gasteiger partial charge in [0.25, 0.3) is 0 Å². The van der Waals surface area contributed by atoms with Gasteiger partial charge < -0.3 is 10.0 Å². The Bertz CT molecular complexity index is 461. The van der Waals surface area contributed by atoms with Crippen molar-refractivity contribution in [3.05, 3.63) is 29.3 Å². The highest BCUT2D eigenvalue weighted by Gasteiger charge is 2.22. The summed E-state index contributed by atoms with van der Waals surface area (Å²) in [5.41, 5.74) is -0.583. The first-order chi connectivity index (χ1) is 8.27. The summed E-state index contributed by atoms with van der Waals surface area (Å²) < 4.78 is 27.4. The Labute approximate surface area is 105 Å². The van der Waals surface area contributed by atoms with Crippen molar-refractivity contribution in [2.24, 2.45) is 5.92 Å². The number of anilines is 1. The lowest BCUT2D eigenvalue weighted by molar-refractivity contribution is 0.0690. The smallest absolute Gasteiger partial charge is 0.338 e. The van der Waals surface area contributed by atoms with Crippen LogP contribution in [0.3, 0.4) is 0 Å². The van der Waals surface area contributed by atoms with E-state index in [1.54, 1.807) is 11.9 Å². The zero-order chi connectivity index (χ0) is 14.0. The monoisotopic (exact) mass is 257 g/mol. The molecule has 1 aromatic carbocycles. The molecule has 0 saturated carbocycles. The first kappa shape index (κ1) is 14.4. The highest BCUT2D eigenvalue weighted by atomic mass is 19.2. The van der Waals surface area contributed by atoms with Crippen LogP contribution in [0, 0.1) is 17.6 Å². The van der Waals surface area contributed by atoms with Gasteiger partial charge in [-0.15, -0.1) is 0 Å². The molecule has 5 heteroatoms. The summed E-state index contributed by atoms with van der Waals surface area (Å²) in [6.07, 6.45) is 0. The summed E-state index contributed by atoms with van der Waals surface area (Å²) >= 11 is 0. The van der Waals surface area contributed by atoms with Gasteiger partial charge in [0, 0.05) is 13.1 Å². The van der Waals surface area contributed by atoms with Gasteiger partial charge in [-0.1, -0.05) is 13.8 Å². The van der Waals surface area contributed by atoms with Crippen molar-refractivity contribution in [2.45, 2.75) is 26.8 Å². The Kier molecular flexibility index (Phi) is 4.27. The Morgan fingerprint density at radius 2 is 1.78 bits per heavy atom. The molecule has 0 aliphatic rings. The standard InChI is InChI=1S/C13H17F2NO2/c1-7(2)8(3)16(4)10-6-5-9(13(17)18)11(14)12(10)15/h5-8H,1-4H3,(H,17,18). The van der Waals surface area contributed by atoms with Gasteiger partial charge in [-0.05, 0) is 25.0 Å². The van der Waals surface area contributed by atoms with Crippen LogP contribution < -0.4 is 4.90 Å². The van der Waals surface area contributed by atoms with E-state index in [1.165, 1.54) is 6.07 Å². The predicted octanol–water partition coefficient (Wildman–Crippen LogP) is 3.14. The van der Waals surface area contributed by atoms with Crippen molar-refractivity contribution in [1.29, 1.82) is 0 Å². The third-order valence-electron chi connectivity index (χ3n) is 3.25. The minimum atomic E-state index is -1.47. The summed E-state index contributed by atoms with van der Waals surface area (Å²) in [7, 11) is 1.66. The van der Waals surface area contributed by atoms with Gasteiger partial charge in [0.1, 0.15) is 0 Å². The third-order valence-corrected chi connectivity index (χ3v) is 3.25. The van der Waals surface area contributed by atoms with Crippen LogP contribution in [0.1, 0.15) is 31.1 Å². The third kappa shape index (κ3) is 2.60. The number of carboxylic acid groups (broad SMARTS) is 1. The van der Waals surface area contributed by atoms with Crippen molar-refractivity contribution in [3.8, 4) is 0 Å². The average Bonchev–Trinajstić information content (AvgIpc) is 2.30. The fraction of sp³-hybridized carbons (Fsp3) is 0.462. The molecule has 0 aromatic heterocycles. The molecule has 0 radical (unpaired) electrons. The highest BCUT2D eigenvalue weighted by molar-refractivity contribution is 5.88. The molecule has 100 valence electrons. The fourth-order valence-electron chi connectivity index (χ4n) is 1.64. The van der Waals surface area contributed by atoms with E-state index in [-0.39, 0.29) is 17.6 Å². The number of aromatic carboxylic acids is 1. The largest absolute Gasteiger partial charge is 0.478 e. The Morgan fingerprint density at radius 1 is 1.22 bits per heavy atom. The van der Waals surface area contributed by atoms with E-state index in [0.717, 1.165) is 6.07 Å². The second kappa shape index (κ2) is 5.33. The molecule has 0 saturated heterocycles.